The number of benzene rings is 9. The molecular weight excluding hydrogens is 655 g/mol. The van der Waals surface area contributed by atoms with E-state index in [1.54, 1.807) is 0 Å². The largest absolute Gasteiger partial charge is 0.455 e. The molecule has 54 heavy (non-hydrogen) atoms. The van der Waals surface area contributed by atoms with E-state index in [1.165, 1.54) is 49.9 Å². The summed E-state index contributed by atoms with van der Waals surface area (Å²) in [7, 11) is 0. The van der Waals surface area contributed by atoms with E-state index in [9.17, 15) is 0 Å². The molecule has 10 aromatic rings. The summed E-state index contributed by atoms with van der Waals surface area (Å²) in [4.78, 5) is 2.34. The standard InChI is InChI=1S/C52H35NO/c1-3-9-36(10-4-1)38-15-19-40(20-16-38)42-23-28-45(29-24-42)53(46-30-25-43(26-31-46)41-21-17-39(18-22-41)37-11-5-2-6-12-37)47-32-34-51-50(35-47)49-33-27-44-13-7-8-14-48(44)52(49)54-51/h1-35H. The van der Waals surface area contributed by atoms with E-state index in [-0.39, 0.29) is 0 Å². The second-order valence-electron chi connectivity index (χ2n) is 13.8. The number of hydrogen-bond acceptors (Lipinski definition) is 2. The lowest BCUT2D eigenvalue weighted by Crippen LogP contribution is -2.09. The molecule has 2 nitrogen and oxygen atoms in total. The van der Waals surface area contributed by atoms with Crippen molar-refractivity contribution in [2.75, 3.05) is 4.90 Å². The molecule has 10 rings (SSSR count). The van der Waals surface area contributed by atoms with Crippen LogP contribution in [-0.2, 0) is 0 Å². The van der Waals surface area contributed by atoms with Crippen molar-refractivity contribution in [1.29, 1.82) is 0 Å². The van der Waals surface area contributed by atoms with Crippen LogP contribution in [0.4, 0.5) is 17.1 Å². The number of hydrogen-bond donors (Lipinski definition) is 0. The Kier molecular flexibility index (Phi) is 7.85. The van der Waals surface area contributed by atoms with Crippen LogP contribution < -0.4 is 4.90 Å². The molecule has 0 spiro atoms. The third kappa shape index (κ3) is 5.81. The second kappa shape index (κ2) is 13.4. The molecule has 0 aliphatic rings. The van der Waals surface area contributed by atoms with Gasteiger partial charge < -0.3 is 9.32 Å². The van der Waals surface area contributed by atoms with Crippen LogP contribution in [0.5, 0.6) is 0 Å². The van der Waals surface area contributed by atoms with Gasteiger partial charge in [-0.05, 0) is 98.4 Å². The van der Waals surface area contributed by atoms with Gasteiger partial charge in [-0.25, -0.2) is 0 Å². The molecule has 0 saturated heterocycles. The van der Waals surface area contributed by atoms with Crippen LogP contribution in [0.25, 0.3) is 77.2 Å². The highest BCUT2D eigenvalue weighted by Crippen LogP contribution is 2.41. The van der Waals surface area contributed by atoms with Gasteiger partial charge in [-0.15, -0.1) is 0 Å². The summed E-state index contributed by atoms with van der Waals surface area (Å²) in [6.07, 6.45) is 0. The van der Waals surface area contributed by atoms with Crippen molar-refractivity contribution in [2.24, 2.45) is 0 Å². The molecule has 0 N–H and O–H groups in total. The first-order valence-electron chi connectivity index (χ1n) is 18.4. The SMILES string of the molecule is c1ccc(-c2ccc(-c3ccc(N(c4ccc(-c5ccc(-c6ccccc6)cc5)cc4)c4ccc5oc6c7ccccc7ccc6c5c4)cc3)cc2)cc1. The summed E-state index contributed by atoms with van der Waals surface area (Å²) in [5.41, 5.74) is 14.6. The van der Waals surface area contributed by atoms with E-state index in [0.717, 1.165) is 44.4 Å². The predicted octanol–water partition coefficient (Wildman–Crippen LogP) is 14.9. The fourth-order valence-corrected chi connectivity index (χ4v) is 7.66. The summed E-state index contributed by atoms with van der Waals surface area (Å²) in [5.74, 6) is 0. The lowest BCUT2D eigenvalue weighted by molar-refractivity contribution is 0.672. The summed E-state index contributed by atoms with van der Waals surface area (Å²) < 4.78 is 6.50. The zero-order valence-corrected chi connectivity index (χ0v) is 29.6. The minimum Gasteiger partial charge on any atom is -0.455 e. The average molecular weight is 690 g/mol. The van der Waals surface area contributed by atoms with Gasteiger partial charge in [0.25, 0.3) is 0 Å². The zero-order valence-electron chi connectivity index (χ0n) is 29.6. The molecule has 0 bridgehead atoms. The number of rotatable bonds is 7. The van der Waals surface area contributed by atoms with E-state index in [0.29, 0.717) is 0 Å². The van der Waals surface area contributed by atoms with Crippen LogP contribution in [0.2, 0.25) is 0 Å². The van der Waals surface area contributed by atoms with Crippen molar-refractivity contribution in [3.63, 3.8) is 0 Å². The van der Waals surface area contributed by atoms with Crippen molar-refractivity contribution < 1.29 is 4.42 Å². The number of furan rings is 1. The molecule has 1 heterocycles. The van der Waals surface area contributed by atoms with Gasteiger partial charge in [0, 0.05) is 33.2 Å². The Labute approximate surface area is 314 Å². The van der Waals surface area contributed by atoms with Crippen molar-refractivity contribution in [2.45, 2.75) is 0 Å². The molecule has 0 radical (unpaired) electrons. The van der Waals surface area contributed by atoms with Crippen molar-refractivity contribution in [3.05, 3.63) is 212 Å². The molecule has 1 aromatic heterocycles. The average Bonchev–Trinajstić information content (AvgIpc) is 3.64. The molecule has 2 heteroatoms. The van der Waals surface area contributed by atoms with Crippen molar-refractivity contribution in [1.82, 2.24) is 0 Å². The highest BCUT2D eigenvalue weighted by molar-refractivity contribution is 6.15. The fraction of sp³-hybridized carbons (Fsp3) is 0. The normalized spacial score (nSPS) is 11.3. The molecule has 9 aromatic carbocycles. The maximum absolute atomic E-state index is 6.50. The van der Waals surface area contributed by atoms with Crippen LogP contribution in [0.3, 0.4) is 0 Å². The highest BCUT2D eigenvalue weighted by atomic mass is 16.3. The van der Waals surface area contributed by atoms with Crippen LogP contribution in [0.1, 0.15) is 0 Å². The van der Waals surface area contributed by atoms with Gasteiger partial charge in [-0.3, -0.25) is 0 Å². The minimum atomic E-state index is 0.883. The summed E-state index contributed by atoms with van der Waals surface area (Å²) in [6, 6.07) is 75.8. The van der Waals surface area contributed by atoms with Gasteiger partial charge in [0.15, 0.2) is 0 Å². The Bertz CT molecular complexity index is 2750. The fourth-order valence-electron chi connectivity index (χ4n) is 7.66. The Balaban J connectivity index is 1.03. The van der Waals surface area contributed by atoms with Gasteiger partial charge >= 0.3 is 0 Å². The van der Waals surface area contributed by atoms with Gasteiger partial charge in [-0.2, -0.15) is 0 Å². The van der Waals surface area contributed by atoms with Crippen LogP contribution >= 0.6 is 0 Å². The Morgan fingerprint density at radius 3 is 1.19 bits per heavy atom. The second-order valence-corrected chi connectivity index (χ2v) is 13.8. The smallest absolute Gasteiger partial charge is 0.143 e. The third-order valence-corrected chi connectivity index (χ3v) is 10.5. The summed E-state index contributed by atoms with van der Waals surface area (Å²) >= 11 is 0. The zero-order chi connectivity index (χ0) is 35.8. The molecule has 0 aliphatic carbocycles. The number of fused-ring (bicyclic) bond motifs is 5. The summed E-state index contributed by atoms with van der Waals surface area (Å²) in [6.45, 7) is 0. The number of nitrogens with zero attached hydrogens (tertiary/aromatic N) is 1. The molecule has 0 saturated carbocycles. The molecule has 0 unspecified atom stereocenters. The van der Waals surface area contributed by atoms with Crippen molar-refractivity contribution >= 4 is 49.8 Å². The van der Waals surface area contributed by atoms with E-state index in [2.05, 4.69) is 217 Å². The molecule has 254 valence electrons. The quantitative estimate of drug-likeness (QED) is 0.166. The topological polar surface area (TPSA) is 16.4 Å². The van der Waals surface area contributed by atoms with Gasteiger partial charge in [0.05, 0.1) is 0 Å². The Hall–Kier alpha value is -7.16. The van der Waals surface area contributed by atoms with Crippen molar-refractivity contribution in [3.8, 4) is 44.5 Å². The minimum absolute atomic E-state index is 0.883. The van der Waals surface area contributed by atoms with Crippen LogP contribution in [0, 0.1) is 0 Å². The maximum atomic E-state index is 6.50. The lowest BCUT2D eigenvalue weighted by Gasteiger charge is -2.26. The Morgan fingerprint density at radius 2 is 0.685 bits per heavy atom. The Morgan fingerprint density at radius 1 is 0.278 bits per heavy atom. The van der Waals surface area contributed by atoms with Gasteiger partial charge in [0.2, 0.25) is 0 Å². The third-order valence-electron chi connectivity index (χ3n) is 10.5. The monoisotopic (exact) mass is 689 g/mol. The van der Waals surface area contributed by atoms with Gasteiger partial charge in [-0.1, -0.05) is 164 Å². The van der Waals surface area contributed by atoms with E-state index < -0.39 is 0 Å². The first-order chi connectivity index (χ1) is 26.7. The molecule has 0 amide bonds. The molecule has 0 fully saturated rings. The highest BCUT2D eigenvalue weighted by Gasteiger charge is 2.17. The van der Waals surface area contributed by atoms with E-state index in [4.69, 9.17) is 4.42 Å². The van der Waals surface area contributed by atoms with Gasteiger partial charge in [0.1, 0.15) is 11.2 Å². The maximum Gasteiger partial charge on any atom is 0.143 e. The van der Waals surface area contributed by atoms with E-state index in [1.807, 2.05) is 0 Å². The number of anilines is 3. The van der Waals surface area contributed by atoms with Crippen LogP contribution in [-0.4, -0.2) is 0 Å². The first-order valence-corrected chi connectivity index (χ1v) is 18.4. The molecule has 0 aliphatic heterocycles. The molecule has 0 atom stereocenters. The first kappa shape index (κ1) is 31.6. The summed E-state index contributed by atoms with van der Waals surface area (Å²) in [5, 5.41) is 4.53. The van der Waals surface area contributed by atoms with Crippen LogP contribution in [0.15, 0.2) is 217 Å². The predicted molar refractivity (Wildman–Crippen MR) is 228 cm³/mol. The molecular formula is C52H35NO. The lowest BCUT2D eigenvalue weighted by atomic mass is 9.99. The van der Waals surface area contributed by atoms with E-state index >= 15 is 0 Å².